The lowest BCUT2D eigenvalue weighted by Crippen LogP contribution is -2.39. The first kappa shape index (κ1) is 17.7. The molecule has 0 spiro atoms. The van der Waals surface area contributed by atoms with Crippen LogP contribution in [0.5, 0.6) is 0 Å². The predicted molar refractivity (Wildman–Crippen MR) is 103 cm³/mol. The summed E-state index contributed by atoms with van der Waals surface area (Å²) in [5.74, 6) is 1.17. The van der Waals surface area contributed by atoms with E-state index in [1.807, 2.05) is 35.5 Å². The highest BCUT2D eigenvalue weighted by Gasteiger charge is 2.28. The number of hydrogen-bond donors (Lipinski definition) is 0. The van der Waals surface area contributed by atoms with Crippen molar-refractivity contribution >= 4 is 17.5 Å². The van der Waals surface area contributed by atoms with Crippen LogP contribution in [0.15, 0.2) is 55.2 Å². The number of amides is 1. The first-order valence-electron chi connectivity index (χ1n) is 9.01. The number of piperidine rings is 1. The number of halogens is 1. The minimum atomic E-state index is -0.0301. The van der Waals surface area contributed by atoms with Gasteiger partial charge in [0, 0.05) is 50.0 Å². The van der Waals surface area contributed by atoms with Crippen molar-refractivity contribution in [2.24, 2.45) is 0 Å². The molecule has 3 aromatic heterocycles. The second-order valence-electron chi connectivity index (χ2n) is 6.72. The summed E-state index contributed by atoms with van der Waals surface area (Å²) >= 11 is 5.98. The van der Waals surface area contributed by atoms with Gasteiger partial charge in [-0.1, -0.05) is 17.7 Å². The van der Waals surface area contributed by atoms with Gasteiger partial charge in [0.2, 0.25) is 0 Å². The maximum atomic E-state index is 12.8. The van der Waals surface area contributed by atoms with E-state index in [1.54, 1.807) is 18.5 Å². The van der Waals surface area contributed by atoms with Crippen LogP contribution in [0.1, 0.15) is 40.6 Å². The van der Waals surface area contributed by atoms with Crippen molar-refractivity contribution in [3.63, 3.8) is 0 Å². The van der Waals surface area contributed by atoms with Crippen LogP contribution >= 0.6 is 11.6 Å². The Balaban J connectivity index is 1.51. The molecular weight excluding hydrogens is 362 g/mol. The van der Waals surface area contributed by atoms with E-state index in [0.29, 0.717) is 23.7 Å². The van der Waals surface area contributed by atoms with Gasteiger partial charge < -0.3 is 9.47 Å². The van der Waals surface area contributed by atoms with E-state index in [4.69, 9.17) is 11.6 Å². The van der Waals surface area contributed by atoms with Crippen molar-refractivity contribution in [3.8, 4) is 0 Å². The van der Waals surface area contributed by atoms with Gasteiger partial charge in [-0.05, 0) is 31.0 Å². The highest BCUT2D eigenvalue weighted by molar-refractivity contribution is 6.30. The lowest BCUT2D eigenvalue weighted by Gasteiger charge is -2.32. The van der Waals surface area contributed by atoms with Crippen LogP contribution in [0.4, 0.5) is 0 Å². The van der Waals surface area contributed by atoms with Crippen LogP contribution in [0.3, 0.4) is 0 Å². The molecule has 4 rings (SSSR count). The third-order valence-electron chi connectivity index (χ3n) is 4.83. The molecule has 1 fully saturated rings. The number of likely N-dealkylation sites (tertiary alicyclic amines) is 1. The third kappa shape index (κ3) is 4.01. The van der Waals surface area contributed by atoms with E-state index in [-0.39, 0.29) is 11.8 Å². The summed E-state index contributed by atoms with van der Waals surface area (Å²) in [5, 5.41) is 0.473. The Labute approximate surface area is 162 Å². The number of hydrogen-bond acceptors (Lipinski definition) is 4. The summed E-state index contributed by atoms with van der Waals surface area (Å²) in [6.45, 7) is 2.06. The average molecular weight is 382 g/mol. The van der Waals surface area contributed by atoms with Gasteiger partial charge in [0.1, 0.15) is 5.82 Å². The minimum Gasteiger partial charge on any atom is -0.338 e. The maximum absolute atomic E-state index is 12.8. The summed E-state index contributed by atoms with van der Waals surface area (Å²) in [5.41, 5.74) is 1.52. The molecule has 0 radical (unpaired) electrons. The van der Waals surface area contributed by atoms with E-state index in [9.17, 15) is 4.79 Å². The standard InChI is InChI=1S/C20H20ClN5O/c21-17-10-16(11-22-12-17)20(27)26-8-3-4-15(13-26)19-24-7-9-25(19)14-18-5-1-2-6-23-18/h1-2,5-7,9-12,15H,3-4,8,13-14H2/t15-/m1/s1. The zero-order valence-electron chi connectivity index (χ0n) is 14.8. The van der Waals surface area contributed by atoms with Gasteiger partial charge in [0.05, 0.1) is 22.8 Å². The predicted octanol–water partition coefficient (Wildman–Crippen LogP) is 3.39. The van der Waals surface area contributed by atoms with Crippen molar-refractivity contribution < 1.29 is 4.79 Å². The second-order valence-corrected chi connectivity index (χ2v) is 7.15. The Morgan fingerprint density at radius 2 is 2.15 bits per heavy atom. The van der Waals surface area contributed by atoms with E-state index >= 15 is 0 Å². The molecule has 4 heterocycles. The molecule has 0 unspecified atom stereocenters. The number of pyridine rings is 2. The summed E-state index contributed by atoms with van der Waals surface area (Å²) in [6, 6.07) is 7.57. The van der Waals surface area contributed by atoms with E-state index in [1.165, 1.54) is 6.20 Å². The minimum absolute atomic E-state index is 0.0301. The Bertz CT molecular complexity index is 927. The smallest absolute Gasteiger partial charge is 0.255 e. The third-order valence-corrected chi connectivity index (χ3v) is 5.04. The lowest BCUT2D eigenvalue weighted by molar-refractivity contribution is 0.0703. The summed E-state index contributed by atoms with van der Waals surface area (Å²) < 4.78 is 2.13. The van der Waals surface area contributed by atoms with Gasteiger partial charge in [0.25, 0.3) is 5.91 Å². The zero-order valence-corrected chi connectivity index (χ0v) is 15.6. The number of nitrogens with zero attached hydrogens (tertiary/aromatic N) is 5. The largest absolute Gasteiger partial charge is 0.338 e. The number of rotatable bonds is 4. The van der Waals surface area contributed by atoms with Gasteiger partial charge in [-0.3, -0.25) is 14.8 Å². The first-order chi connectivity index (χ1) is 13.2. The molecule has 1 aliphatic rings. The molecule has 1 saturated heterocycles. The van der Waals surface area contributed by atoms with E-state index < -0.39 is 0 Å². The Kier molecular flexibility index (Phi) is 5.16. The lowest BCUT2D eigenvalue weighted by atomic mass is 9.96. The number of imidazole rings is 1. The fourth-order valence-corrected chi connectivity index (χ4v) is 3.74. The number of carbonyl (C=O) groups excluding carboxylic acids is 1. The monoisotopic (exact) mass is 381 g/mol. The van der Waals surface area contributed by atoms with Crippen molar-refractivity contribution in [1.29, 1.82) is 0 Å². The van der Waals surface area contributed by atoms with Crippen LogP contribution in [0.25, 0.3) is 0 Å². The van der Waals surface area contributed by atoms with Gasteiger partial charge >= 0.3 is 0 Å². The summed E-state index contributed by atoms with van der Waals surface area (Å²) in [6.07, 6.45) is 10.7. The van der Waals surface area contributed by atoms with Gasteiger partial charge in [0.15, 0.2) is 0 Å². The Morgan fingerprint density at radius 3 is 2.96 bits per heavy atom. The fraction of sp³-hybridized carbons (Fsp3) is 0.300. The quantitative estimate of drug-likeness (QED) is 0.694. The molecule has 6 nitrogen and oxygen atoms in total. The molecule has 138 valence electrons. The highest BCUT2D eigenvalue weighted by Crippen LogP contribution is 2.27. The molecule has 7 heteroatoms. The van der Waals surface area contributed by atoms with E-state index in [2.05, 4.69) is 19.5 Å². The molecule has 0 saturated carbocycles. The molecule has 1 aliphatic heterocycles. The van der Waals surface area contributed by atoms with Crippen molar-refractivity contribution in [2.45, 2.75) is 25.3 Å². The highest BCUT2D eigenvalue weighted by atomic mass is 35.5. The molecule has 27 heavy (non-hydrogen) atoms. The van der Waals surface area contributed by atoms with Crippen LogP contribution in [0.2, 0.25) is 5.02 Å². The summed E-state index contributed by atoms with van der Waals surface area (Å²) in [7, 11) is 0. The summed E-state index contributed by atoms with van der Waals surface area (Å²) in [4.78, 5) is 27.7. The molecule has 0 aliphatic carbocycles. The van der Waals surface area contributed by atoms with Crippen molar-refractivity contribution in [2.75, 3.05) is 13.1 Å². The first-order valence-corrected chi connectivity index (χ1v) is 9.39. The van der Waals surface area contributed by atoms with Crippen LogP contribution < -0.4 is 0 Å². The molecule has 3 aromatic rings. The topological polar surface area (TPSA) is 63.9 Å². The van der Waals surface area contributed by atoms with Gasteiger partial charge in [-0.25, -0.2) is 4.98 Å². The molecule has 0 aromatic carbocycles. The molecule has 1 amide bonds. The van der Waals surface area contributed by atoms with Crippen molar-refractivity contribution in [3.05, 3.63) is 77.4 Å². The number of aromatic nitrogens is 4. The van der Waals surface area contributed by atoms with E-state index in [0.717, 1.165) is 30.9 Å². The fourth-order valence-electron chi connectivity index (χ4n) is 3.56. The average Bonchev–Trinajstić information content (AvgIpc) is 3.16. The Hall–Kier alpha value is -2.73. The molecule has 1 atom stereocenters. The number of carbonyl (C=O) groups is 1. The van der Waals surface area contributed by atoms with Crippen LogP contribution in [0, 0.1) is 0 Å². The zero-order chi connectivity index (χ0) is 18.6. The van der Waals surface area contributed by atoms with Crippen LogP contribution in [-0.4, -0.2) is 43.4 Å². The molecule has 0 bridgehead atoms. The SMILES string of the molecule is O=C(c1cncc(Cl)c1)N1CCC[C@@H](c2nccn2Cc2ccccn2)C1. The van der Waals surface area contributed by atoms with Gasteiger partial charge in [-0.15, -0.1) is 0 Å². The van der Waals surface area contributed by atoms with Crippen molar-refractivity contribution in [1.82, 2.24) is 24.4 Å². The second kappa shape index (κ2) is 7.88. The molecule has 0 N–H and O–H groups in total. The maximum Gasteiger partial charge on any atom is 0.255 e. The molecular formula is C20H20ClN5O. The van der Waals surface area contributed by atoms with Crippen LogP contribution in [-0.2, 0) is 6.54 Å². The van der Waals surface area contributed by atoms with Gasteiger partial charge in [-0.2, -0.15) is 0 Å². The Morgan fingerprint density at radius 1 is 1.22 bits per heavy atom. The normalized spacial score (nSPS) is 17.1.